The summed E-state index contributed by atoms with van der Waals surface area (Å²) in [6.45, 7) is 1.80. The van der Waals surface area contributed by atoms with Gasteiger partial charge in [0.1, 0.15) is 84.9 Å². The number of cyclic esters (lactones) is 1. The Morgan fingerprint density at radius 2 is 1.08 bits per heavy atom. The number of hydrogen-bond acceptors (Lipinski definition) is 15. The summed E-state index contributed by atoms with van der Waals surface area (Å²) < 4.78 is 94.3. The number of ether oxygens (including phenoxy) is 9. The molecule has 2 N–H and O–H groups in total. The normalized spacial score (nSPS) is 14.4. The third kappa shape index (κ3) is 31.4. The van der Waals surface area contributed by atoms with Gasteiger partial charge in [-0.05, 0) is 123 Å². The van der Waals surface area contributed by atoms with E-state index < -0.39 is 24.1 Å². The second-order valence-electron chi connectivity index (χ2n) is 14.4. The van der Waals surface area contributed by atoms with Crippen LogP contribution >= 0.6 is 0 Å². The molecular formula is C52H60F4O15. The van der Waals surface area contributed by atoms with Crippen molar-refractivity contribution in [3.05, 3.63) is 120 Å². The number of esters is 4. The van der Waals surface area contributed by atoms with Gasteiger partial charge in [-0.1, -0.05) is 13.3 Å². The third-order valence-electron chi connectivity index (χ3n) is 8.78. The first-order valence-electron chi connectivity index (χ1n) is 21.5. The molecule has 386 valence electrons. The second-order valence-corrected chi connectivity index (χ2v) is 14.4. The molecule has 19 heteroatoms. The van der Waals surface area contributed by atoms with Gasteiger partial charge in [-0.25, -0.2) is 27.2 Å². The molecule has 0 aromatic heterocycles. The van der Waals surface area contributed by atoms with Crippen LogP contribution in [0.3, 0.4) is 0 Å². The maximum absolute atomic E-state index is 12.6. The maximum Gasteiger partial charge on any atom is 0.384 e. The molecular weight excluding hydrogens is 941 g/mol. The summed E-state index contributed by atoms with van der Waals surface area (Å²) in [6.07, 6.45) is 6.68. The molecule has 4 atom stereocenters. The first kappa shape index (κ1) is 61.7. The first-order valence-corrected chi connectivity index (χ1v) is 21.5. The zero-order valence-electron chi connectivity index (χ0n) is 38.8. The van der Waals surface area contributed by atoms with Gasteiger partial charge >= 0.3 is 23.9 Å². The monoisotopic (exact) mass is 1000 g/mol. The number of hydrogen-bond donors (Lipinski definition) is 2. The van der Waals surface area contributed by atoms with Gasteiger partial charge in [-0.2, -0.15) is 0 Å². The average molecular weight is 1000 g/mol. The zero-order valence-corrected chi connectivity index (χ0v) is 38.8. The topological polar surface area (TPSA) is 195 Å². The van der Waals surface area contributed by atoms with Crippen molar-refractivity contribution in [2.75, 3.05) is 54.4 Å². The number of halogens is 4. The van der Waals surface area contributed by atoms with Gasteiger partial charge in [-0.15, -0.1) is 6.42 Å². The van der Waals surface area contributed by atoms with E-state index in [1.54, 1.807) is 30.2 Å². The van der Waals surface area contributed by atoms with Crippen molar-refractivity contribution in [3.63, 3.8) is 0 Å². The number of rotatable bonds is 17. The number of aliphatic hydroxyl groups is 2. The van der Waals surface area contributed by atoms with Crippen LogP contribution in [-0.2, 0) is 42.9 Å². The van der Waals surface area contributed by atoms with E-state index in [2.05, 4.69) is 32.5 Å². The fraction of sp³-hybridized carbons (Fsp3) is 0.385. The number of epoxide rings is 1. The SMILES string of the molecule is C.C#CC(=O)OC.COC(=O)C#CCC(O)COc1ccc(F)cc1.COC(=O)CCCC(O)COc1ccc(F)cc1.Fc1ccc(OC[C@@H]2CO2)cc1.O=C1CCC[C@@H](COc2ccc(F)cc2)O1. The van der Waals surface area contributed by atoms with Crippen LogP contribution in [0.15, 0.2) is 97.1 Å². The summed E-state index contributed by atoms with van der Waals surface area (Å²) in [7, 11) is 3.80. The number of benzene rings is 4. The van der Waals surface area contributed by atoms with E-state index in [0.29, 0.717) is 55.5 Å². The summed E-state index contributed by atoms with van der Waals surface area (Å²) in [5.74, 6) is 5.68. The Bertz CT molecular complexity index is 2220. The van der Waals surface area contributed by atoms with Crippen LogP contribution in [0.25, 0.3) is 0 Å². The predicted molar refractivity (Wildman–Crippen MR) is 251 cm³/mol. The Hall–Kier alpha value is -7.32. The number of methoxy groups -OCH3 is 3. The van der Waals surface area contributed by atoms with E-state index in [9.17, 15) is 47.0 Å². The van der Waals surface area contributed by atoms with Crippen molar-refractivity contribution in [2.45, 2.75) is 76.8 Å². The fourth-order valence-corrected chi connectivity index (χ4v) is 5.02. The molecule has 2 aliphatic heterocycles. The van der Waals surface area contributed by atoms with Crippen LogP contribution in [0.2, 0.25) is 0 Å². The Kier molecular flexibility index (Phi) is 31.8. The molecule has 4 aromatic carbocycles. The molecule has 4 aromatic rings. The van der Waals surface area contributed by atoms with Gasteiger partial charge in [0.05, 0.1) is 40.1 Å². The van der Waals surface area contributed by atoms with Gasteiger partial charge in [0.2, 0.25) is 0 Å². The maximum atomic E-state index is 12.6. The molecule has 0 aliphatic carbocycles. The molecule has 0 spiro atoms. The Morgan fingerprint density at radius 3 is 1.46 bits per heavy atom. The molecule has 0 saturated carbocycles. The lowest BCUT2D eigenvalue weighted by atomic mass is 10.1. The highest BCUT2D eigenvalue weighted by Crippen LogP contribution is 2.18. The van der Waals surface area contributed by atoms with Crippen LogP contribution in [-0.4, -0.2) is 113 Å². The van der Waals surface area contributed by atoms with E-state index in [4.69, 9.17) is 28.4 Å². The number of terminal acetylenes is 1. The molecule has 0 bridgehead atoms. The minimum absolute atomic E-state index is 0. The molecule has 0 amide bonds. The van der Waals surface area contributed by atoms with Crippen LogP contribution in [0.5, 0.6) is 23.0 Å². The minimum atomic E-state index is -0.827. The Balaban J connectivity index is 0.000000456. The van der Waals surface area contributed by atoms with E-state index in [1.807, 2.05) is 0 Å². The second kappa shape index (κ2) is 36.6. The summed E-state index contributed by atoms with van der Waals surface area (Å²) in [5.41, 5.74) is 0. The van der Waals surface area contributed by atoms with Crippen molar-refractivity contribution >= 4 is 23.9 Å². The Labute approximate surface area is 411 Å². The van der Waals surface area contributed by atoms with E-state index in [0.717, 1.165) is 19.4 Å². The molecule has 2 saturated heterocycles. The van der Waals surface area contributed by atoms with Gasteiger partial charge < -0.3 is 52.8 Å². The molecule has 6 rings (SSSR count). The first-order chi connectivity index (χ1) is 33.6. The lowest BCUT2D eigenvalue weighted by molar-refractivity contribution is -0.155. The lowest BCUT2D eigenvalue weighted by Crippen LogP contribution is -2.28. The summed E-state index contributed by atoms with van der Waals surface area (Å²) in [4.78, 5) is 42.2. The molecule has 0 radical (unpaired) electrons. The van der Waals surface area contributed by atoms with Crippen molar-refractivity contribution in [2.24, 2.45) is 0 Å². The fourth-order valence-electron chi connectivity index (χ4n) is 5.02. The smallest absolute Gasteiger partial charge is 0.384 e. The highest BCUT2D eigenvalue weighted by molar-refractivity contribution is 5.88. The van der Waals surface area contributed by atoms with Gasteiger partial charge in [0.15, 0.2) is 0 Å². The number of carbonyl (C=O) groups excluding carboxylic acids is 4. The molecule has 2 unspecified atom stereocenters. The lowest BCUT2D eigenvalue weighted by Gasteiger charge is -2.22. The summed E-state index contributed by atoms with van der Waals surface area (Å²) in [6, 6.07) is 22.8. The van der Waals surface area contributed by atoms with Crippen LogP contribution < -0.4 is 18.9 Å². The highest BCUT2D eigenvalue weighted by Gasteiger charge is 2.23. The Morgan fingerprint density at radius 1 is 0.662 bits per heavy atom. The van der Waals surface area contributed by atoms with Crippen molar-refractivity contribution in [1.29, 1.82) is 0 Å². The van der Waals surface area contributed by atoms with E-state index >= 15 is 0 Å². The quantitative estimate of drug-likeness (QED) is 0.0266. The number of aliphatic hydroxyl groups excluding tert-OH is 2. The van der Waals surface area contributed by atoms with Crippen molar-refractivity contribution in [3.8, 4) is 47.2 Å². The predicted octanol–water partition coefficient (Wildman–Crippen LogP) is 7.37. The van der Waals surface area contributed by atoms with E-state index in [-0.39, 0.29) is 80.9 Å². The largest absolute Gasteiger partial charge is 0.491 e. The molecule has 2 aliphatic rings. The van der Waals surface area contributed by atoms with Crippen LogP contribution in [0.1, 0.15) is 52.4 Å². The zero-order chi connectivity index (χ0) is 51.5. The van der Waals surface area contributed by atoms with Gasteiger partial charge in [0.25, 0.3) is 0 Å². The van der Waals surface area contributed by atoms with Crippen LogP contribution in [0, 0.1) is 47.5 Å². The average Bonchev–Trinajstić information content (AvgIpc) is 4.21. The highest BCUT2D eigenvalue weighted by atomic mass is 19.1. The minimum Gasteiger partial charge on any atom is -0.491 e. The summed E-state index contributed by atoms with van der Waals surface area (Å²) >= 11 is 0. The van der Waals surface area contributed by atoms with E-state index in [1.165, 1.54) is 94.1 Å². The van der Waals surface area contributed by atoms with Crippen molar-refractivity contribution < 1.29 is 89.6 Å². The standard InChI is InChI=1S/C13H17FO4.C13H13FO4.C12H13FO3.C9H9FO2.C4H4O2.CH4/c2*1-17-13(16)4-2-3-11(15)9-18-12-7-5-10(14)6-8-12;13-9-4-6-10(7-5-9)15-8-11-2-1-3-12(14)16-11;10-7-1-3-8(4-2-7)11-5-9-6-12-9;1-3-4(5)6-2;/h5-8,11,15H,2-4,9H2,1H3;5-8,11,15H,3,9H2,1H3;4-7,11H,1-3,8H2;1-4,9H,5-6H2;1H,2H3;1H4/t;;11-;9-;;/m..01../s1. The summed E-state index contributed by atoms with van der Waals surface area (Å²) in [5, 5.41) is 19.1. The molecule has 2 heterocycles. The van der Waals surface area contributed by atoms with Crippen molar-refractivity contribution in [1.82, 2.24) is 0 Å². The third-order valence-corrected chi connectivity index (χ3v) is 8.78. The molecule has 71 heavy (non-hydrogen) atoms. The van der Waals surface area contributed by atoms with Gasteiger partial charge in [-0.3, -0.25) is 9.59 Å². The molecule has 2 fully saturated rings. The molecule has 15 nitrogen and oxygen atoms in total. The van der Waals surface area contributed by atoms with Gasteiger partial charge in [0, 0.05) is 31.1 Å². The van der Waals surface area contributed by atoms with Crippen LogP contribution in [0.4, 0.5) is 17.6 Å². The number of carbonyl (C=O) groups is 4.